The van der Waals surface area contributed by atoms with Crippen molar-refractivity contribution < 1.29 is 17.7 Å². The van der Waals surface area contributed by atoms with E-state index in [2.05, 4.69) is 10.1 Å². The predicted octanol–water partition coefficient (Wildman–Crippen LogP) is 3.04. The highest BCUT2D eigenvalue weighted by Crippen LogP contribution is 2.36. The molecule has 7 heteroatoms. The van der Waals surface area contributed by atoms with Crippen molar-refractivity contribution >= 4 is 0 Å². The maximum absolute atomic E-state index is 12.9. The molecule has 0 aliphatic rings. The van der Waals surface area contributed by atoms with Gasteiger partial charge < -0.3 is 10.3 Å². The van der Waals surface area contributed by atoms with Gasteiger partial charge in [0, 0.05) is 12.5 Å². The van der Waals surface area contributed by atoms with E-state index in [-0.39, 0.29) is 17.5 Å². The van der Waals surface area contributed by atoms with Gasteiger partial charge in [0.1, 0.15) is 0 Å². The first kappa shape index (κ1) is 14.5. The number of rotatable bonds is 4. The molecule has 1 aromatic heterocycles. The van der Waals surface area contributed by atoms with Crippen LogP contribution in [0.2, 0.25) is 0 Å². The zero-order valence-corrected chi connectivity index (χ0v) is 10.8. The number of hydrogen-bond acceptors (Lipinski definition) is 4. The number of nitrogens with zero attached hydrogens (tertiary/aromatic N) is 2. The third-order valence-corrected chi connectivity index (χ3v) is 2.90. The topological polar surface area (TPSA) is 64.9 Å². The van der Waals surface area contributed by atoms with Crippen LogP contribution in [0.5, 0.6) is 0 Å². The SMILES string of the molecule is CCC(N)Cc1noc(-c2ccccc2C(F)(F)F)n1. The highest BCUT2D eigenvalue weighted by molar-refractivity contribution is 5.59. The molecular weight excluding hydrogens is 271 g/mol. The van der Waals surface area contributed by atoms with Crippen molar-refractivity contribution in [1.29, 1.82) is 0 Å². The Bertz CT molecular complexity index is 580. The van der Waals surface area contributed by atoms with E-state index >= 15 is 0 Å². The number of benzene rings is 1. The fourth-order valence-electron chi connectivity index (χ4n) is 1.74. The quantitative estimate of drug-likeness (QED) is 0.937. The van der Waals surface area contributed by atoms with Gasteiger partial charge in [0.15, 0.2) is 5.82 Å². The summed E-state index contributed by atoms with van der Waals surface area (Å²) in [4.78, 5) is 3.98. The Kier molecular flexibility index (Phi) is 4.08. The van der Waals surface area contributed by atoms with Crippen LogP contribution in [0.3, 0.4) is 0 Å². The van der Waals surface area contributed by atoms with E-state index < -0.39 is 11.7 Å². The summed E-state index contributed by atoms with van der Waals surface area (Å²) in [5.41, 5.74) is 4.83. The van der Waals surface area contributed by atoms with Crippen LogP contribution in [0, 0.1) is 0 Å². The molecule has 0 radical (unpaired) electrons. The Morgan fingerprint density at radius 2 is 2.00 bits per heavy atom. The molecule has 2 aromatic rings. The van der Waals surface area contributed by atoms with Gasteiger partial charge in [-0.3, -0.25) is 0 Å². The number of halogens is 3. The van der Waals surface area contributed by atoms with Crippen molar-refractivity contribution in [1.82, 2.24) is 10.1 Å². The molecule has 0 amide bonds. The molecule has 0 aliphatic carbocycles. The van der Waals surface area contributed by atoms with Crippen LogP contribution in [0.4, 0.5) is 13.2 Å². The lowest BCUT2D eigenvalue weighted by Gasteiger charge is -2.09. The smallest absolute Gasteiger partial charge is 0.334 e. The molecule has 0 bridgehead atoms. The molecule has 2 rings (SSSR count). The first-order valence-electron chi connectivity index (χ1n) is 6.16. The summed E-state index contributed by atoms with van der Waals surface area (Å²) in [5.74, 6) is 0.169. The lowest BCUT2D eigenvalue weighted by molar-refractivity contribution is -0.137. The van der Waals surface area contributed by atoms with Gasteiger partial charge in [-0.15, -0.1) is 0 Å². The maximum Gasteiger partial charge on any atom is 0.417 e. The van der Waals surface area contributed by atoms with Gasteiger partial charge in [0.2, 0.25) is 0 Å². The first-order valence-corrected chi connectivity index (χ1v) is 6.16. The molecule has 0 spiro atoms. The second-order valence-corrected chi connectivity index (χ2v) is 4.43. The molecule has 1 atom stereocenters. The van der Waals surface area contributed by atoms with Crippen molar-refractivity contribution in [2.45, 2.75) is 32.0 Å². The van der Waals surface area contributed by atoms with Crippen LogP contribution in [0.1, 0.15) is 24.7 Å². The largest absolute Gasteiger partial charge is 0.417 e. The minimum absolute atomic E-state index is 0.121. The molecule has 1 heterocycles. The summed E-state index contributed by atoms with van der Waals surface area (Å²) in [6.45, 7) is 1.91. The summed E-state index contributed by atoms with van der Waals surface area (Å²) in [6.07, 6.45) is -3.37. The molecule has 0 saturated carbocycles. The molecule has 1 unspecified atom stereocenters. The Morgan fingerprint density at radius 1 is 1.30 bits per heavy atom. The fraction of sp³-hybridized carbons (Fsp3) is 0.385. The van der Waals surface area contributed by atoms with Gasteiger partial charge in [-0.25, -0.2) is 0 Å². The van der Waals surface area contributed by atoms with E-state index in [0.717, 1.165) is 12.5 Å². The average Bonchev–Trinajstić information content (AvgIpc) is 2.86. The van der Waals surface area contributed by atoms with Crippen molar-refractivity contribution in [3.8, 4) is 11.5 Å². The minimum atomic E-state index is -4.47. The Morgan fingerprint density at radius 3 is 2.65 bits per heavy atom. The van der Waals surface area contributed by atoms with Crippen LogP contribution in [-0.2, 0) is 12.6 Å². The van der Waals surface area contributed by atoms with Gasteiger partial charge in [0.05, 0.1) is 11.1 Å². The van der Waals surface area contributed by atoms with E-state index in [4.69, 9.17) is 10.3 Å². The molecule has 20 heavy (non-hydrogen) atoms. The van der Waals surface area contributed by atoms with Gasteiger partial charge >= 0.3 is 6.18 Å². The van der Waals surface area contributed by atoms with Gasteiger partial charge in [-0.1, -0.05) is 24.2 Å². The lowest BCUT2D eigenvalue weighted by atomic mass is 10.1. The second kappa shape index (κ2) is 5.62. The first-order chi connectivity index (χ1) is 9.41. The summed E-state index contributed by atoms with van der Waals surface area (Å²) in [5, 5.41) is 3.67. The van der Waals surface area contributed by atoms with E-state index in [9.17, 15) is 13.2 Å². The van der Waals surface area contributed by atoms with Crippen molar-refractivity contribution in [2.24, 2.45) is 5.73 Å². The third kappa shape index (κ3) is 3.16. The third-order valence-electron chi connectivity index (χ3n) is 2.90. The van der Waals surface area contributed by atoms with Crippen LogP contribution in [0.15, 0.2) is 28.8 Å². The molecule has 2 N–H and O–H groups in total. The molecule has 1 aromatic carbocycles. The molecule has 0 aliphatic heterocycles. The lowest BCUT2D eigenvalue weighted by Crippen LogP contribution is -2.21. The standard InChI is InChI=1S/C13H14F3N3O/c1-2-8(17)7-11-18-12(20-19-11)9-5-3-4-6-10(9)13(14,15)16/h3-6,8H,2,7,17H2,1H3. The number of alkyl halides is 3. The van der Waals surface area contributed by atoms with E-state index in [1.807, 2.05) is 6.92 Å². The summed E-state index contributed by atoms with van der Waals surface area (Å²) >= 11 is 0. The highest BCUT2D eigenvalue weighted by Gasteiger charge is 2.34. The van der Waals surface area contributed by atoms with Crippen molar-refractivity contribution in [3.05, 3.63) is 35.7 Å². The Labute approximate surface area is 113 Å². The van der Waals surface area contributed by atoms with E-state index in [0.29, 0.717) is 12.2 Å². The normalized spacial score (nSPS) is 13.4. The second-order valence-electron chi connectivity index (χ2n) is 4.43. The summed E-state index contributed by atoms with van der Waals surface area (Å²) < 4.78 is 43.6. The van der Waals surface area contributed by atoms with Gasteiger partial charge in [-0.05, 0) is 18.6 Å². The molecule has 0 saturated heterocycles. The fourth-order valence-corrected chi connectivity index (χ4v) is 1.74. The Balaban J connectivity index is 2.33. The molecule has 0 fully saturated rings. The van der Waals surface area contributed by atoms with Crippen molar-refractivity contribution in [2.75, 3.05) is 0 Å². The minimum Gasteiger partial charge on any atom is -0.334 e. The van der Waals surface area contributed by atoms with Crippen LogP contribution < -0.4 is 5.73 Å². The molecule has 4 nitrogen and oxygen atoms in total. The molecule has 108 valence electrons. The number of nitrogens with two attached hydrogens (primary N) is 1. The van der Waals surface area contributed by atoms with E-state index in [1.165, 1.54) is 18.2 Å². The van der Waals surface area contributed by atoms with E-state index in [1.54, 1.807) is 0 Å². The summed E-state index contributed by atoms with van der Waals surface area (Å²) in [6, 6.07) is 4.96. The summed E-state index contributed by atoms with van der Waals surface area (Å²) in [7, 11) is 0. The maximum atomic E-state index is 12.9. The monoisotopic (exact) mass is 285 g/mol. The van der Waals surface area contributed by atoms with Crippen LogP contribution in [0.25, 0.3) is 11.5 Å². The average molecular weight is 285 g/mol. The van der Waals surface area contributed by atoms with Crippen LogP contribution in [-0.4, -0.2) is 16.2 Å². The van der Waals surface area contributed by atoms with Gasteiger partial charge in [0.25, 0.3) is 5.89 Å². The molecular formula is C13H14F3N3O. The highest BCUT2D eigenvalue weighted by atomic mass is 19.4. The zero-order chi connectivity index (χ0) is 14.8. The number of aromatic nitrogens is 2. The van der Waals surface area contributed by atoms with Crippen molar-refractivity contribution in [3.63, 3.8) is 0 Å². The van der Waals surface area contributed by atoms with Gasteiger partial charge in [-0.2, -0.15) is 18.2 Å². The predicted molar refractivity (Wildman–Crippen MR) is 66.7 cm³/mol. The zero-order valence-electron chi connectivity index (χ0n) is 10.8. The number of hydrogen-bond donors (Lipinski definition) is 1. The Hall–Kier alpha value is -1.89. The van der Waals surface area contributed by atoms with Crippen LogP contribution >= 0.6 is 0 Å².